The van der Waals surface area contributed by atoms with Crippen LogP contribution in [0, 0.1) is 0 Å². The van der Waals surface area contributed by atoms with Crippen molar-refractivity contribution in [1.29, 1.82) is 0 Å². The number of ether oxygens (including phenoxy) is 1. The van der Waals surface area contributed by atoms with Gasteiger partial charge in [-0.1, -0.05) is 11.6 Å². The van der Waals surface area contributed by atoms with E-state index in [4.69, 9.17) is 33.5 Å². The fraction of sp³-hybridized carbons (Fsp3) is 0.0667. The van der Waals surface area contributed by atoms with Gasteiger partial charge in [0.1, 0.15) is 16.8 Å². The number of fused-ring (bicyclic) bond motifs is 1. The quantitative estimate of drug-likeness (QED) is 0.475. The lowest BCUT2D eigenvalue weighted by molar-refractivity contribution is 0.415. The minimum atomic E-state index is -0.162. The Kier molecular flexibility index (Phi) is 4.40. The molecule has 0 amide bonds. The predicted octanol–water partition coefficient (Wildman–Crippen LogP) is 1.30. The molecule has 0 saturated carbocycles. The van der Waals surface area contributed by atoms with Crippen LogP contribution in [0.4, 0.5) is 5.69 Å². The molecular weight excluding hydrogens is 344 g/mol. The maximum Gasteiger partial charge on any atom is 0.223 e. The number of hydrogen-bond acceptors (Lipinski definition) is 4. The summed E-state index contributed by atoms with van der Waals surface area (Å²) in [5, 5.41) is 9.30. The molecule has 3 aromatic rings. The Morgan fingerprint density at radius 3 is 2.52 bits per heavy atom. The van der Waals surface area contributed by atoms with Crippen LogP contribution in [-0.4, -0.2) is 34.0 Å². The summed E-state index contributed by atoms with van der Waals surface area (Å²) in [5.74, 6) is 0.368. The zero-order chi connectivity index (χ0) is 18.0. The third-order valence-corrected chi connectivity index (χ3v) is 3.51. The number of halogens is 1. The monoisotopic (exact) mass is 358 g/mol. The van der Waals surface area contributed by atoms with E-state index in [2.05, 4.69) is 20.2 Å². The minimum absolute atomic E-state index is 0.0475. The van der Waals surface area contributed by atoms with Gasteiger partial charge in [-0.15, -0.1) is 10.2 Å². The average molecular weight is 359 g/mol. The van der Waals surface area contributed by atoms with Gasteiger partial charge in [0.25, 0.3) is 0 Å². The number of aliphatic imine (C=N–C) groups is 2. The second-order valence-electron chi connectivity index (χ2n) is 4.99. The Balaban J connectivity index is 1.98. The number of aromatic nitrogens is 3. The maximum atomic E-state index is 6.14. The van der Waals surface area contributed by atoms with Crippen molar-refractivity contribution < 1.29 is 4.74 Å². The van der Waals surface area contributed by atoms with Crippen LogP contribution in [0.3, 0.4) is 0 Å². The summed E-state index contributed by atoms with van der Waals surface area (Å²) in [6, 6.07) is 10.5. The Morgan fingerprint density at radius 1 is 1.08 bits per heavy atom. The van der Waals surface area contributed by atoms with E-state index >= 15 is 0 Å². The van der Waals surface area contributed by atoms with Gasteiger partial charge < -0.3 is 21.9 Å². The van der Waals surface area contributed by atoms with Crippen LogP contribution in [0.15, 0.2) is 46.4 Å². The second-order valence-corrected chi connectivity index (χ2v) is 5.40. The standard InChI is InChI=1S/C15H15ClN8O/c1-25-13-5-3-9(7-10(13)16)24-22-11-4-2-8(6-12(11)23-24)20-15(19)21-14(17)18/h2-7H,1H3,(H6,17,18,19,20,21). The van der Waals surface area contributed by atoms with Crippen molar-refractivity contribution in [2.24, 2.45) is 27.2 Å². The lowest BCUT2D eigenvalue weighted by Crippen LogP contribution is -2.26. The van der Waals surface area contributed by atoms with Gasteiger partial charge in [-0.25, -0.2) is 4.99 Å². The molecule has 2 aromatic carbocycles. The van der Waals surface area contributed by atoms with Crippen molar-refractivity contribution >= 4 is 40.2 Å². The molecule has 1 aromatic heterocycles. The van der Waals surface area contributed by atoms with E-state index in [1.54, 1.807) is 43.5 Å². The molecule has 25 heavy (non-hydrogen) atoms. The van der Waals surface area contributed by atoms with Crippen molar-refractivity contribution in [2.45, 2.75) is 0 Å². The van der Waals surface area contributed by atoms with E-state index in [9.17, 15) is 0 Å². The van der Waals surface area contributed by atoms with Gasteiger partial charge in [-0.2, -0.15) is 9.79 Å². The smallest absolute Gasteiger partial charge is 0.223 e. The highest BCUT2D eigenvalue weighted by Gasteiger charge is 2.08. The summed E-state index contributed by atoms with van der Waals surface area (Å²) in [4.78, 5) is 9.24. The topological polar surface area (TPSA) is 143 Å². The van der Waals surface area contributed by atoms with Crippen molar-refractivity contribution in [1.82, 2.24) is 15.0 Å². The van der Waals surface area contributed by atoms with Crippen molar-refractivity contribution in [3.8, 4) is 11.4 Å². The van der Waals surface area contributed by atoms with E-state index < -0.39 is 0 Å². The van der Waals surface area contributed by atoms with Crippen LogP contribution in [-0.2, 0) is 0 Å². The number of hydrogen-bond donors (Lipinski definition) is 3. The summed E-state index contributed by atoms with van der Waals surface area (Å²) in [5.41, 5.74) is 18.7. The van der Waals surface area contributed by atoms with E-state index in [0.717, 1.165) is 0 Å². The molecule has 3 rings (SSSR count). The molecule has 9 nitrogen and oxygen atoms in total. The van der Waals surface area contributed by atoms with Crippen LogP contribution < -0.4 is 21.9 Å². The first-order valence-electron chi connectivity index (χ1n) is 7.11. The molecule has 0 fully saturated rings. The Morgan fingerprint density at radius 2 is 1.84 bits per heavy atom. The summed E-state index contributed by atoms with van der Waals surface area (Å²) < 4.78 is 5.14. The number of methoxy groups -OCH3 is 1. The number of nitrogens with zero attached hydrogens (tertiary/aromatic N) is 5. The molecule has 0 aliphatic heterocycles. The lowest BCUT2D eigenvalue weighted by atomic mass is 10.3. The van der Waals surface area contributed by atoms with E-state index in [0.29, 0.717) is 33.2 Å². The molecule has 0 saturated heterocycles. The summed E-state index contributed by atoms with van der Waals surface area (Å²) in [6.07, 6.45) is 0. The highest BCUT2D eigenvalue weighted by molar-refractivity contribution is 6.32. The first kappa shape index (κ1) is 16.5. The van der Waals surface area contributed by atoms with Crippen molar-refractivity contribution in [3.63, 3.8) is 0 Å². The van der Waals surface area contributed by atoms with Crippen LogP contribution >= 0.6 is 11.6 Å². The first-order chi connectivity index (χ1) is 12.0. The molecule has 0 atom stereocenters. The van der Waals surface area contributed by atoms with Gasteiger partial charge in [0.05, 0.1) is 23.5 Å². The molecule has 128 valence electrons. The molecule has 0 radical (unpaired) electrons. The fourth-order valence-electron chi connectivity index (χ4n) is 2.16. The number of guanidine groups is 2. The molecule has 1 heterocycles. The normalized spacial score (nSPS) is 11.5. The van der Waals surface area contributed by atoms with Gasteiger partial charge in [0, 0.05) is 0 Å². The molecule has 0 bridgehead atoms. The first-order valence-corrected chi connectivity index (χ1v) is 7.49. The third kappa shape index (κ3) is 3.61. The zero-order valence-electron chi connectivity index (χ0n) is 13.2. The zero-order valence-corrected chi connectivity index (χ0v) is 14.0. The van der Waals surface area contributed by atoms with Gasteiger partial charge in [0.2, 0.25) is 5.96 Å². The van der Waals surface area contributed by atoms with E-state index in [1.165, 1.54) is 4.80 Å². The Hall–Kier alpha value is -3.33. The van der Waals surface area contributed by atoms with Crippen LogP contribution in [0.25, 0.3) is 16.7 Å². The van der Waals surface area contributed by atoms with Gasteiger partial charge >= 0.3 is 0 Å². The average Bonchev–Trinajstić information content (AvgIpc) is 2.97. The Bertz CT molecular complexity index is 990. The molecule has 0 aliphatic rings. The molecule has 0 spiro atoms. The minimum Gasteiger partial charge on any atom is -0.495 e. The lowest BCUT2D eigenvalue weighted by Gasteiger charge is -2.04. The van der Waals surface area contributed by atoms with Crippen LogP contribution in [0.2, 0.25) is 5.02 Å². The predicted molar refractivity (Wildman–Crippen MR) is 97.5 cm³/mol. The summed E-state index contributed by atoms with van der Waals surface area (Å²) >= 11 is 6.14. The number of rotatable bonds is 3. The highest BCUT2D eigenvalue weighted by Crippen LogP contribution is 2.27. The van der Waals surface area contributed by atoms with E-state index in [-0.39, 0.29) is 11.9 Å². The van der Waals surface area contributed by atoms with Crippen molar-refractivity contribution in [3.05, 3.63) is 41.4 Å². The Labute approximate surface area is 147 Å². The second kappa shape index (κ2) is 6.65. The van der Waals surface area contributed by atoms with Gasteiger partial charge in [-0.05, 0) is 36.4 Å². The third-order valence-electron chi connectivity index (χ3n) is 3.22. The molecule has 0 aliphatic carbocycles. The largest absolute Gasteiger partial charge is 0.495 e. The number of nitrogens with two attached hydrogens (primary N) is 3. The molecular formula is C15H15ClN8O. The van der Waals surface area contributed by atoms with Gasteiger partial charge in [0.15, 0.2) is 5.96 Å². The summed E-state index contributed by atoms with van der Waals surface area (Å²) in [6.45, 7) is 0. The number of benzene rings is 2. The molecule has 6 N–H and O–H groups in total. The maximum absolute atomic E-state index is 6.14. The van der Waals surface area contributed by atoms with Gasteiger partial charge in [-0.3, -0.25) is 0 Å². The van der Waals surface area contributed by atoms with Crippen LogP contribution in [0.1, 0.15) is 0 Å². The van der Waals surface area contributed by atoms with Crippen LogP contribution in [0.5, 0.6) is 5.75 Å². The van der Waals surface area contributed by atoms with Crippen molar-refractivity contribution in [2.75, 3.05) is 7.11 Å². The SMILES string of the molecule is COc1ccc(-n2nc3ccc(N=C(N)N=C(N)N)cc3n2)cc1Cl. The molecule has 10 heteroatoms. The highest BCUT2D eigenvalue weighted by atomic mass is 35.5. The fourth-order valence-corrected chi connectivity index (χ4v) is 2.41. The summed E-state index contributed by atoms with van der Waals surface area (Å²) in [7, 11) is 1.55. The molecule has 0 unspecified atom stereocenters. The van der Waals surface area contributed by atoms with E-state index in [1.807, 2.05) is 0 Å².